The highest BCUT2D eigenvalue weighted by Crippen LogP contribution is 2.15. The van der Waals surface area contributed by atoms with Crippen molar-refractivity contribution in [3.63, 3.8) is 0 Å². The number of nitrogens with one attached hydrogen (secondary N) is 2. The van der Waals surface area contributed by atoms with E-state index in [4.69, 9.17) is 5.73 Å². The summed E-state index contributed by atoms with van der Waals surface area (Å²) in [4.78, 5) is 27.0. The van der Waals surface area contributed by atoms with Gasteiger partial charge < -0.3 is 11.1 Å². The van der Waals surface area contributed by atoms with Gasteiger partial charge in [0.15, 0.2) is 0 Å². The van der Waals surface area contributed by atoms with E-state index in [0.29, 0.717) is 23.2 Å². The summed E-state index contributed by atoms with van der Waals surface area (Å²) in [7, 11) is 0. The van der Waals surface area contributed by atoms with E-state index < -0.39 is 6.03 Å². The molecule has 6 nitrogen and oxygen atoms in total. The quantitative estimate of drug-likeness (QED) is 0.693. The lowest BCUT2D eigenvalue weighted by molar-refractivity contribution is -0.117. The van der Waals surface area contributed by atoms with Crippen molar-refractivity contribution in [3.05, 3.63) is 18.3 Å². The van der Waals surface area contributed by atoms with Crippen LogP contribution in [0.1, 0.15) is 20.3 Å². The van der Waals surface area contributed by atoms with Crippen molar-refractivity contribution in [1.82, 2.24) is 15.6 Å². The Morgan fingerprint density at radius 2 is 2.15 bits per heavy atom. The van der Waals surface area contributed by atoms with Gasteiger partial charge in [0, 0.05) is 6.54 Å². The molecule has 7 heteroatoms. The van der Waals surface area contributed by atoms with E-state index in [-0.39, 0.29) is 11.7 Å². The third-order valence-corrected chi connectivity index (χ3v) is 3.31. The lowest BCUT2D eigenvalue weighted by Gasteiger charge is -2.08. The number of amides is 3. The van der Waals surface area contributed by atoms with E-state index in [1.54, 1.807) is 12.1 Å². The van der Waals surface area contributed by atoms with Gasteiger partial charge >= 0.3 is 6.03 Å². The molecule has 0 unspecified atom stereocenters. The normalized spacial score (nSPS) is 10.3. The van der Waals surface area contributed by atoms with Gasteiger partial charge in [-0.3, -0.25) is 10.1 Å². The average molecular weight is 296 g/mol. The maximum absolute atomic E-state index is 11.5. The van der Waals surface area contributed by atoms with Gasteiger partial charge in [-0.25, -0.2) is 9.78 Å². The molecule has 20 heavy (non-hydrogen) atoms. The van der Waals surface area contributed by atoms with Gasteiger partial charge in [-0.2, -0.15) is 0 Å². The summed E-state index contributed by atoms with van der Waals surface area (Å²) >= 11 is 1.25. The first-order valence-corrected chi connectivity index (χ1v) is 7.38. The van der Waals surface area contributed by atoms with Crippen LogP contribution in [0.4, 0.5) is 10.5 Å². The molecule has 0 saturated heterocycles. The number of rotatable bonds is 6. The van der Waals surface area contributed by atoms with Crippen LogP contribution in [0.3, 0.4) is 0 Å². The molecule has 0 aromatic carbocycles. The van der Waals surface area contributed by atoms with Crippen LogP contribution in [0.15, 0.2) is 23.4 Å². The molecule has 1 aromatic heterocycles. The van der Waals surface area contributed by atoms with E-state index in [0.717, 1.165) is 6.42 Å². The van der Waals surface area contributed by atoms with Gasteiger partial charge in [0.05, 0.1) is 22.7 Å². The second-order valence-corrected chi connectivity index (χ2v) is 5.70. The van der Waals surface area contributed by atoms with Crippen LogP contribution in [0.5, 0.6) is 0 Å². The number of hydrogen-bond donors (Lipinski definition) is 3. The molecule has 0 bridgehead atoms. The zero-order valence-corrected chi connectivity index (χ0v) is 12.5. The fourth-order valence-electron chi connectivity index (χ4n) is 1.30. The second kappa shape index (κ2) is 8.42. The number of imide groups is 1. The molecule has 3 amide bonds. The molecule has 4 N–H and O–H groups in total. The molecule has 0 saturated carbocycles. The number of hydrogen-bond acceptors (Lipinski definition) is 5. The third kappa shape index (κ3) is 6.98. The Hall–Kier alpha value is -1.76. The molecule has 0 radical (unpaired) electrons. The predicted molar refractivity (Wildman–Crippen MR) is 80.4 cm³/mol. The van der Waals surface area contributed by atoms with Crippen LogP contribution in [0.2, 0.25) is 0 Å². The average Bonchev–Trinajstić information content (AvgIpc) is 2.37. The standard InChI is InChI=1S/C13H20N4O2S/c1-9(2)5-6-15-13(19)17-11(18)8-20-12-4-3-10(14)7-16-12/h3-4,7,9H,5-6,8,14H2,1-2H3,(H2,15,17,18,19). The molecular formula is C13H20N4O2S. The van der Waals surface area contributed by atoms with Crippen molar-refractivity contribution in [2.45, 2.75) is 25.3 Å². The summed E-state index contributed by atoms with van der Waals surface area (Å²) in [6, 6.07) is 2.99. The number of urea groups is 1. The van der Waals surface area contributed by atoms with Crippen LogP contribution in [-0.4, -0.2) is 29.2 Å². The molecular weight excluding hydrogens is 276 g/mol. The number of nitrogens with zero attached hydrogens (tertiary/aromatic N) is 1. The van der Waals surface area contributed by atoms with Crippen molar-refractivity contribution in [2.75, 3.05) is 18.0 Å². The van der Waals surface area contributed by atoms with E-state index in [1.165, 1.54) is 18.0 Å². The number of thioether (sulfide) groups is 1. The van der Waals surface area contributed by atoms with Crippen LogP contribution >= 0.6 is 11.8 Å². The molecule has 1 heterocycles. The molecule has 0 aliphatic rings. The van der Waals surface area contributed by atoms with Crippen LogP contribution < -0.4 is 16.4 Å². The van der Waals surface area contributed by atoms with Crippen molar-refractivity contribution in [1.29, 1.82) is 0 Å². The number of nitrogens with two attached hydrogens (primary N) is 1. The zero-order valence-electron chi connectivity index (χ0n) is 11.7. The minimum atomic E-state index is -0.457. The second-order valence-electron chi connectivity index (χ2n) is 4.71. The first-order chi connectivity index (χ1) is 9.47. The molecule has 1 aromatic rings. The Kier molecular flexibility index (Phi) is 6.86. The van der Waals surface area contributed by atoms with Gasteiger partial charge in [-0.05, 0) is 24.5 Å². The highest BCUT2D eigenvalue weighted by molar-refractivity contribution is 7.99. The first-order valence-electron chi connectivity index (χ1n) is 6.39. The van der Waals surface area contributed by atoms with Crippen molar-refractivity contribution in [3.8, 4) is 0 Å². The summed E-state index contributed by atoms with van der Waals surface area (Å²) in [5, 5.41) is 5.60. The number of pyridine rings is 1. The van der Waals surface area contributed by atoms with Gasteiger partial charge in [0.1, 0.15) is 0 Å². The van der Waals surface area contributed by atoms with Crippen LogP contribution in [-0.2, 0) is 4.79 Å². The summed E-state index contributed by atoms with van der Waals surface area (Å²) in [6.07, 6.45) is 2.41. The smallest absolute Gasteiger partial charge is 0.321 e. The molecule has 1 rings (SSSR count). The van der Waals surface area contributed by atoms with Crippen molar-refractivity contribution in [2.24, 2.45) is 5.92 Å². The Bertz CT molecular complexity index is 448. The third-order valence-electron chi connectivity index (χ3n) is 2.37. The van der Waals surface area contributed by atoms with Crippen LogP contribution in [0.25, 0.3) is 0 Å². The van der Waals surface area contributed by atoms with Crippen LogP contribution in [0, 0.1) is 5.92 Å². The number of carbonyl (C=O) groups is 2. The van der Waals surface area contributed by atoms with Gasteiger partial charge in [0.2, 0.25) is 5.91 Å². The largest absolute Gasteiger partial charge is 0.397 e. The van der Waals surface area contributed by atoms with E-state index >= 15 is 0 Å². The first kappa shape index (κ1) is 16.3. The summed E-state index contributed by atoms with van der Waals surface area (Å²) < 4.78 is 0. The van der Waals surface area contributed by atoms with Crippen molar-refractivity contribution >= 4 is 29.4 Å². The number of carbonyl (C=O) groups excluding carboxylic acids is 2. The monoisotopic (exact) mass is 296 g/mol. The molecule has 0 spiro atoms. The fraction of sp³-hybridized carbons (Fsp3) is 0.462. The summed E-state index contributed by atoms with van der Waals surface area (Å²) in [5.41, 5.74) is 6.08. The molecule has 0 atom stereocenters. The summed E-state index contributed by atoms with van der Waals surface area (Å²) in [6.45, 7) is 4.70. The summed E-state index contributed by atoms with van der Waals surface area (Å²) in [5.74, 6) is 0.294. The Morgan fingerprint density at radius 1 is 1.40 bits per heavy atom. The Labute approximate surface area is 122 Å². The number of anilines is 1. The van der Waals surface area contributed by atoms with Gasteiger partial charge in [-0.15, -0.1) is 0 Å². The maximum Gasteiger partial charge on any atom is 0.321 e. The fourth-order valence-corrected chi connectivity index (χ4v) is 1.94. The lowest BCUT2D eigenvalue weighted by atomic mass is 10.1. The van der Waals surface area contributed by atoms with Crippen molar-refractivity contribution < 1.29 is 9.59 Å². The Balaban J connectivity index is 2.22. The highest BCUT2D eigenvalue weighted by Gasteiger charge is 2.08. The van der Waals surface area contributed by atoms with E-state index in [2.05, 4.69) is 29.5 Å². The van der Waals surface area contributed by atoms with Gasteiger partial charge in [-0.1, -0.05) is 25.6 Å². The minimum absolute atomic E-state index is 0.133. The topological polar surface area (TPSA) is 97.1 Å². The molecule has 110 valence electrons. The number of nitrogen functional groups attached to an aromatic ring is 1. The highest BCUT2D eigenvalue weighted by atomic mass is 32.2. The molecule has 0 aliphatic heterocycles. The van der Waals surface area contributed by atoms with E-state index in [1.807, 2.05) is 0 Å². The number of aromatic nitrogens is 1. The molecule has 0 aliphatic carbocycles. The minimum Gasteiger partial charge on any atom is -0.397 e. The predicted octanol–water partition coefficient (Wildman–Crippen LogP) is 1.63. The molecule has 0 fully saturated rings. The zero-order chi connectivity index (χ0) is 15.0. The van der Waals surface area contributed by atoms with Gasteiger partial charge in [0.25, 0.3) is 0 Å². The SMILES string of the molecule is CC(C)CCNC(=O)NC(=O)CSc1ccc(N)cn1. The lowest BCUT2D eigenvalue weighted by Crippen LogP contribution is -2.40. The maximum atomic E-state index is 11.5. The Morgan fingerprint density at radius 3 is 2.75 bits per heavy atom. The van der Waals surface area contributed by atoms with E-state index in [9.17, 15) is 9.59 Å².